The number of thiophene rings is 1. The maximum Gasteiger partial charge on any atom is 0.409 e. The third-order valence-corrected chi connectivity index (χ3v) is 5.44. The summed E-state index contributed by atoms with van der Waals surface area (Å²) in [5.74, 6) is 0.498. The van der Waals surface area contributed by atoms with Crippen LogP contribution < -0.4 is 0 Å². The van der Waals surface area contributed by atoms with Crippen molar-refractivity contribution in [1.29, 1.82) is 0 Å². The van der Waals surface area contributed by atoms with Crippen molar-refractivity contribution in [3.8, 4) is 0 Å². The zero-order chi connectivity index (χ0) is 13.6. The lowest BCUT2D eigenvalue weighted by atomic mass is 9.87. The van der Waals surface area contributed by atoms with Crippen molar-refractivity contribution in [2.45, 2.75) is 44.9 Å². The van der Waals surface area contributed by atoms with E-state index in [0.717, 1.165) is 25.9 Å². The molecule has 4 heteroatoms. The first-order valence-corrected chi connectivity index (χ1v) is 7.93. The Labute approximate surface area is 118 Å². The molecule has 3 nitrogen and oxygen atoms in total. The van der Waals surface area contributed by atoms with Crippen LogP contribution in [0.25, 0.3) is 0 Å². The van der Waals surface area contributed by atoms with Gasteiger partial charge >= 0.3 is 6.09 Å². The van der Waals surface area contributed by atoms with E-state index < -0.39 is 0 Å². The van der Waals surface area contributed by atoms with Gasteiger partial charge in [0.15, 0.2) is 0 Å². The Kier molecular flexibility index (Phi) is 3.08. The van der Waals surface area contributed by atoms with Gasteiger partial charge in [0.25, 0.3) is 0 Å². The minimum Gasteiger partial charge on any atom is -0.450 e. The van der Waals surface area contributed by atoms with E-state index in [0.29, 0.717) is 12.5 Å². The second-order valence-corrected chi connectivity index (χ2v) is 7.13. The van der Waals surface area contributed by atoms with E-state index in [1.807, 2.05) is 23.2 Å². The molecule has 0 bridgehead atoms. The van der Waals surface area contributed by atoms with Crippen molar-refractivity contribution in [3.05, 3.63) is 21.4 Å². The van der Waals surface area contributed by atoms with Gasteiger partial charge in [0.05, 0.1) is 6.61 Å². The minimum atomic E-state index is -0.149. The van der Waals surface area contributed by atoms with Crippen molar-refractivity contribution in [2.75, 3.05) is 19.7 Å². The number of nitrogens with zero attached hydrogens (tertiary/aromatic N) is 1. The Morgan fingerprint density at radius 3 is 3.11 bits per heavy atom. The summed E-state index contributed by atoms with van der Waals surface area (Å²) in [6.45, 7) is 8.57. The van der Waals surface area contributed by atoms with E-state index >= 15 is 0 Å². The summed E-state index contributed by atoms with van der Waals surface area (Å²) in [6.07, 6.45) is 1.98. The third-order valence-electron chi connectivity index (χ3n) is 4.38. The molecule has 0 N–H and O–H groups in total. The van der Waals surface area contributed by atoms with Gasteiger partial charge in [0, 0.05) is 23.9 Å². The Hall–Kier alpha value is -1.03. The molecule has 1 aromatic heterocycles. The lowest BCUT2D eigenvalue weighted by Gasteiger charge is -2.24. The second kappa shape index (κ2) is 4.51. The van der Waals surface area contributed by atoms with Crippen LogP contribution in [-0.2, 0) is 16.6 Å². The van der Waals surface area contributed by atoms with Crippen LogP contribution >= 0.6 is 11.3 Å². The van der Waals surface area contributed by atoms with Crippen LogP contribution in [-0.4, -0.2) is 30.7 Å². The van der Waals surface area contributed by atoms with Crippen molar-refractivity contribution >= 4 is 17.4 Å². The maximum atomic E-state index is 12.0. The molecular formula is C15H21NO2S. The van der Waals surface area contributed by atoms with E-state index in [1.54, 1.807) is 5.56 Å². The molecule has 1 aromatic rings. The van der Waals surface area contributed by atoms with E-state index in [4.69, 9.17) is 4.74 Å². The number of rotatable bonds is 1. The highest BCUT2D eigenvalue weighted by molar-refractivity contribution is 7.10. The van der Waals surface area contributed by atoms with Gasteiger partial charge in [0.2, 0.25) is 0 Å². The average Bonchev–Trinajstić information content (AvgIpc) is 2.81. The zero-order valence-corrected chi connectivity index (χ0v) is 12.7. The fraction of sp³-hybridized carbons (Fsp3) is 0.667. The molecule has 104 valence electrons. The van der Waals surface area contributed by atoms with E-state index in [2.05, 4.69) is 19.2 Å². The van der Waals surface area contributed by atoms with Crippen LogP contribution in [0.2, 0.25) is 0 Å². The SMILES string of the molecule is CCOC(=O)N1CCc2scc3c2C(C1)CC3(C)C. The van der Waals surface area contributed by atoms with Gasteiger partial charge in [-0.1, -0.05) is 13.8 Å². The van der Waals surface area contributed by atoms with Crippen LogP contribution in [0.15, 0.2) is 5.38 Å². The number of hydrogen-bond donors (Lipinski definition) is 0. The Balaban J connectivity index is 1.88. The van der Waals surface area contributed by atoms with E-state index in [9.17, 15) is 4.79 Å². The van der Waals surface area contributed by atoms with Gasteiger partial charge in [-0.05, 0) is 41.7 Å². The highest BCUT2D eigenvalue weighted by atomic mass is 32.1. The molecule has 2 aliphatic rings. The lowest BCUT2D eigenvalue weighted by molar-refractivity contribution is 0.105. The van der Waals surface area contributed by atoms with Crippen LogP contribution in [0.3, 0.4) is 0 Å². The van der Waals surface area contributed by atoms with Crippen LogP contribution in [0.1, 0.15) is 49.1 Å². The number of hydrogen-bond acceptors (Lipinski definition) is 3. The predicted octanol–water partition coefficient (Wildman–Crippen LogP) is 3.53. The van der Waals surface area contributed by atoms with Crippen LogP contribution in [0, 0.1) is 0 Å². The molecule has 0 radical (unpaired) electrons. The molecule has 2 heterocycles. The standard InChI is InChI=1S/C15H21NO2S/c1-4-18-14(17)16-6-5-12-13-10(8-16)7-15(2,3)11(13)9-19-12/h9-10H,4-8H2,1-3H3. The summed E-state index contributed by atoms with van der Waals surface area (Å²) >= 11 is 1.87. The summed E-state index contributed by atoms with van der Waals surface area (Å²) in [6, 6.07) is 0. The van der Waals surface area contributed by atoms with Gasteiger partial charge in [-0.15, -0.1) is 11.3 Å². The average molecular weight is 279 g/mol. The zero-order valence-electron chi connectivity index (χ0n) is 11.9. The normalized spacial score (nSPS) is 23.9. The molecular weight excluding hydrogens is 258 g/mol. The van der Waals surface area contributed by atoms with E-state index in [1.165, 1.54) is 10.4 Å². The first-order valence-electron chi connectivity index (χ1n) is 7.05. The number of carbonyl (C=O) groups excluding carboxylic acids is 1. The van der Waals surface area contributed by atoms with Crippen LogP contribution in [0.5, 0.6) is 0 Å². The van der Waals surface area contributed by atoms with E-state index in [-0.39, 0.29) is 11.5 Å². The van der Waals surface area contributed by atoms with Crippen molar-refractivity contribution < 1.29 is 9.53 Å². The summed E-state index contributed by atoms with van der Waals surface area (Å²) in [5.41, 5.74) is 3.32. The number of carbonyl (C=O) groups is 1. The molecule has 3 rings (SSSR count). The summed E-state index contributed by atoms with van der Waals surface area (Å²) in [4.78, 5) is 15.3. The molecule has 19 heavy (non-hydrogen) atoms. The second-order valence-electron chi connectivity index (χ2n) is 6.17. The van der Waals surface area contributed by atoms with Gasteiger partial charge in [-0.3, -0.25) is 0 Å². The first-order chi connectivity index (χ1) is 9.03. The Morgan fingerprint density at radius 2 is 2.37 bits per heavy atom. The highest BCUT2D eigenvalue weighted by Crippen LogP contribution is 2.50. The van der Waals surface area contributed by atoms with Crippen molar-refractivity contribution in [2.24, 2.45) is 0 Å². The quantitative estimate of drug-likeness (QED) is 0.787. The third kappa shape index (κ3) is 2.06. The molecule has 0 fully saturated rings. The molecule has 1 aliphatic heterocycles. The van der Waals surface area contributed by atoms with Gasteiger partial charge < -0.3 is 9.64 Å². The minimum absolute atomic E-state index is 0.149. The molecule has 0 saturated heterocycles. The maximum absolute atomic E-state index is 12.0. The fourth-order valence-electron chi connectivity index (χ4n) is 3.53. The lowest BCUT2D eigenvalue weighted by Crippen LogP contribution is -2.35. The summed E-state index contributed by atoms with van der Waals surface area (Å²) in [7, 11) is 0. The molecule has 0 saturated carbocycles. The number of ether oxygens (including phenoxy) is 1. The fourth-order valence-corrected chi connectivity index (χ4v) is 4.85. The Morgan fingerprint density at radius 1 is 1.58 bits per heavy atom. The van der Waals surface area contributed by atoms with Gasteiger partial charge in [-0.25, -0.2) is 4.79 Å². The predicted molar refractivity (Wildman–Crippen MR) is 77.0 cm³/mol. The van der Waals surface area contributed by atoms with Gasteiger partial charge in [-0.2, -0.15) is 0 Å². The van der Waals surface area contributed by atoms with Gasteiger partial charge in [0.1, 0.15) is 0 Å². The molecule has 1 amide bonds. The smallest absolute Gasteiger partial charge is 0.409 e. The summed E-state index contributed by atoms with van der Waals surface area (Å²) < 4.78 is 5.16. The largest absolute Gasteiger partial charge is 0.450 e. The van der Waals surface area contributed by atoms with Crippen molar-refractivity contribution in [1.82, 2.24) is 4.90 Å². The highest BCUT2D eigenvalue weighted by Gasteiger charge is 2.42. The van der Waals surface area contributed by atoms with Crippen molar-refractivity contribution in [3.63, 3.8) is 0 Å². The topological polar surface area (TPSA) is 29.5 Å². The molecule has 1 aliphatic carbocycles. The Bertz CT molecular complexity index is 506. The molecule has 0 spiro atoms. The molecule has 0 aromatic carbocycles. The monoisotopic (exact) mass is 279 g/mol. The number of amides is 1. The first kappa shape index (κ1) is 13.0. The molecule has 1 atom stereocenters. The summed E-state index contributed by atoms with van der Waals surface area (Å²) in [5, 5.41) is 2.34. The van der Waals surface area contributed by atoms with Crippen LogP contribution in [0.4, 0.5) is 4.79 Å². The molecule has 1 unspecified atom stereocenters.